The van der Waals surface area contributed by atoms with Crippen molar-refractivity contribution in [2.24, 2.45) is 0 Å². The average Bonchev–Trinajstić information content (AvgIpc) is 3.25. The quantitative estimate of drug-likeness (QED) is 0.0722. The fraction of sp³-hybridized carbons (Fsp3) is 0.0526. The second kappa shape index (κ2) is 23.2. The van der Waals surface area contributed by atoms with Gasteiger partial charge in [-0.05, 0) is 139 Å². The number of para-hydroxylation sites is 2. The molecule has 0 fully saturated rings. The first-order valence-corrected chi connectivity index (χ1v) is 21.7. The Hall–Kier alpha value is -2.42. The predicted molar refractivity (Wildman–Crippen MR) is 232 cm³/mol. The van der Waals surface area contributed by atoms with Crippen LogP contribution in [0.5, 0.6) is 11.5 Å². The number of benzene rings is 6. The van der Waals surface area contributed by atoms with Crippen LogP contribution in [0.4, 0.5) is 35.1 Å². The Kier molecular flexibility index (Phi) is 19.9. The Labute approximate surface area is 376 Å². The number of hydrogen-bond acceptors (Lipinski definition) is 4. The molecule has 0 saturated heterocycles. The van der Waals surface area contributed by atoms with Crippen LogP contribution in [-0.4, -0.2) is 22.6 Å². The lowest BCUT2D eigenvalue weighted by Gasteiger charge is -2.07. The summed E-state index contributed by atoms with van der Waals surface area (Å²) in [6, 6.07) is 33.4. The Bertz CT molecular complexity index is 1950. The van der Waals surface area contributed by atoms with Crippen molar-refractivity contribution >= 4 is 112 Å². The van der Waals surface area contributed by atoms with Crippen LogP contribution >= 0.6 is 90.4 Å². The zero-order valence-electron chi connectivity index (χ0n) is 28.4. The van der Waals surface area contributed by atoms with Gasteiger partial charge >= 0.3 is 0 Å². The van der Waals surface area contributed by atoms with Gasteiger partial charge in [-0.25, -0.2) is 43.5 Å². The van der Waals surface area contributed by atoms with Gasteiger partial charge in [0.2, 0.25) is 0 Å². The summed E-state index contributed by atoms with van der Waals surface area (Å²) < 4.78 is 133. The molecule has 6 aromatic carbocycles. The Morgan fingerprint density at radius 1 is 0.375 bits per heavy atom. The second-order valence-corrected chi connectivity index (χ2v) is 17.4. The topological polar surface area (TPSA) is 52.6 Å². The van der Waals surface area contributed by atoms with Gasteiger partial charge in [0.1, 0.15) is 11.5 Å². The summed E-state index contributed by atoms with van der Waals surface area (Å²) in [6.45, 7) is 0. The van der Waals surface area contributed by atoms with E-state index in [2.05, 4.69) is 0 Å². The van der Waals surface area contributed by atoms with Crippen molar-refractivity contribution in [3.05, 3.63) is 170 Å². The summed E-state index contributed by atoms with van der Waals surface area (Å²) >= 11 is 4.81. The van der Waals surface area contributed by atoms with E-state index in [1.807, 2.05) is 109 Å². The summed E-state index contributed by atoms with van der Waals surface area (Å²) in [6.07, 6.45) is 0. The summed E-state index contributed by atoms with van der Waals surface area (Å²) in [7, 11) is 0.802. The molecule has 4 nitrogen and oxygen atoms in total. The van der Waals surface area contributed by atoms with E-state index in [1.165, 1.54) is 90.4 Å². The van der Waals surface area contributed by atoms with Gasteiger partial charge in [-0.3, -0.25) is 0 Å². The van der Waals surface area contributed by atoms with E-state index in [1.54, 1.807) is 14.2 Å². The molecule has 2 atom stereocenters. The molecule has 56 heavy (non-hydrogen) atoms. The number of rotatable bonds is 6. The summed E-state index contributed by atoms with van der Waals surface area (Å²) in [4.78, 5) is 2.98. The fourth-order valence-electron chi connectivity index (χ4n) is 4.04. The van der Waals surface area contributed by atoms with E-state index in [-0.39, 0.29) is 0 Å². The van der Waals surface area contributed by atoms with Crippen molar-refractivity contribution in [1.82, 2.24) is 0 Å². The van der Waals surface area contributed by atoms with Crippen molar-refractivity contribution in [2.45, 2.75) is 19.6 Å². The normalized spacial score (nSPS) is 11.4. The SMILES string of the molecule is COc1ccccc1[S@@](=O)c1ccccc1.COc1ccccc1[S@](=O)c1ccccc1.Fc1c(F)c(I)c(F)c(F)c1I.Fc1c(F)c(I)c(F)c(F)c1I. The molecule has 0 unspecified atom stereocenters. The van der Waals surface area contributed by atoms with E-state index in [9.17, 15) is 43.5 Å². The molecule has 0 aliphatic heterocycles. The van der Waals surface area contributed by atoms with E-state index in [0.29, 0.717) is 21.3 Å². The van der Waals surface area contributed by atoms with Crippen LogP contribution in [0.25, 0.3) is 0 Å². The summed E-state index contributed by atoms with van der Waals surface area (Å²) in [5.41, 5.74) is 0. The van der Waals surface area contributed by atoms with Gasteiger partial charge in [0, 0.05) is 9.79 Å². The average molecular weight is 1270 g/mol. The molecular weight excluding hydrogens is 1240 g/mol. The lowest BCUT2D eigenvalue weighted by Crippen LogP contribution is -2.02. The molecule has 6 rings (SSSR count). The number of ether oxygens (including phenoxy) is 2. The maximum absolute atomic E-state index is 12.6. The second-order valence-electron chi connectivity index (χ2n) is 10.2. The third kappa shape index (κ3) is 12.3. The molecule has 18 heteroatoms. The van der Waals surface area contributed by atoms with Crippen LogP contribution < -0.4 is 9.47 Å². The van der Waals surface area contributed by atoms with Crippen LogP contribution in [0.2, 0.25) is 0 Å². The van der Waals surface area contributed by atoms with Crippen molar-refractivity contribution in [1.29, 1.82) is 0 Å². The molecule has 0 heterocycles. The Morgan fingerprint density at radius 2 is 0.589 bits per heavy atom. The van der Waals surface area contributed by atoms with E-state index in [0.717, 1.165) is 9.79 Å². The Balaban J connectivity index is 0.000000202. The van der Waals surface area contributed by atoms with Crippen molar-refractivity contribution in [3.8, 4) is 11.5 Å². The molecule has 0 N–H and O–H groups in total. The van der Waals surface area contributed by atoms with Crippen LogP contribution in [0.15, 0.2) is 129 Å². The molecular formula is C38H24F8I4O4S2. The minimum atomic E-state index is -1.35. The number of hydrogen-bond donors (Lipinski definition) is 0. The minimum Gasteiger partial charge on any atom is -0.495 e. The third-order valence-corrected chi connectivity index (χ3v) is 13.4. The zero-order valence-corrected chi connectivity index (χ0v) is 38.6. The molecule has 6 aromatic rings. The van der Waals surface area contributed by atoms with Gasteiger partial charge in [0.05, 0.1) is 59.9 Å². The van der Waals surface area contributed by atoms with Crippen molar-refractivity contribution in [2.75, 3.05) is 14.2 Å². The highest BCUT2D eigenvalue weighted by Crippen LogP contribution is 2.29. The first-order valence-electron chi connectivity index (χ1n) is 15.1. The van der Waals surface area contributed by atoms with E-state index < -0.39 is 82.4 Å². The van der Waals surface area contributed by atoms with Crippen LogP contribution in [0.3, 0.4) is 0 Å². The van der Waals surface area contributed by atoms with Gasteiger partial charge in [0.25, 0.3) is 0 Å². The lowest BCUT2D eigenvalue weighted by molar-refractivity contribution is 0.404. The smallest absolute Gasteiger partial charge is 0.176 e. The molecule has 0 aromatic heterocycles. The molecule has 0 aliphatic carbocycles. The maximum atomic E-state index is 12.6. The highest BCUT2D eigenvalue weighted by atomic mass is 127. The third-order valence-electron chi connectivity index (χ3n) is 6.76. The van der Waals surface area contributed by atoms with Gasteiger partial charge in [-0.2, -0.15) is 0 Å². The van der Waals surface area contributed by atoms with Gasteiger partial charge in [0.15, 0.2) is 46.5 Å². The molecule has 0 aliphatic rings. The van der Waals surface area contributed by atoms with E-state index >= 15 is 0 Å². The molecule has 0 radical (unpaired) electrons. The maximum Gasteiger partial charge on any atom is 0.176 e. The summed E-state index contributed by atoms with van der Waals surface area (Å²) in [5, 5.41) is 0. The van der Waals surface area contributed by atoms with Crippen LogP contribution in [0, 0.1) is 60.8 Å². The van der Waals surface area contributed by atoms with Crippen LogP contribution in [0.1, 0.15) is 0 Å². The molecule has 296 valence electrons. The van der Waals surface area contributed by atoms with Gasteiger partial charge in [-0.1, -0.05) is 60.7 Å². The van der Waals surface area contributed by atoms with Gasteiger partial charge in [-0.15, -0.1) is 0 Å². The highest BCUT2D eigenvalue weighted by Gasteiger charge is 2.23. The molecule has 0 bridgehead atoms. The van der Waals surface area contributed by atoms with Crippen LogP contribution in [-0.2, 0) is 21.6 Å². The van der Waals surface area contributed by atoms with Crippen molar-refractivity contribution < 1.29 is 53.0 Å². The lowest BCUT2D eigenvalue weighted by atomic mass is 10.3. The first kappa shape index (κ1) is 48.0. The largest absolute Gasteiger partial charge is 0.495 e. The van der Waals surface area contributed by atoms with E-state index in [4.69, 9.17) is 9.47 Å². The summed E-state index contributed by atoms with van der Waals surface area (Å²) in [5.74, 6) is -9.47. The Morgan fingerprint density at radius 3 is 0.821 bits per heavy atom. The molecule has 0 amide bonds. The molecule has 0 saturated carbocycles. The predicted octanol–water partition coefficient (Wildman–Crippen LogP) is 12.6. The zero-order chi connectivity index (χ0) is 41.7. The number of methoxy groups -OCH3 is 2. The fourth-order valence-corrected chi connectivity index (χ4v) is 8.33. The van der Waals surface area contributed by atoms with Crippen molar-refractivity contribution in [3.63, 3.8) is 0 Å². The number of halogens is 12. The van der Waals surface area contributed by atoms with Gasteiger partial charge < -0.3 is 9.47 Å². The molecule has 0 spiro atoms. The monoisotopic (exact) mass is 1270 g/mol. The highest BCUT2D eigenvalue weighted by molar-refractivity contribution is 14.1. The standard InChI is InChI=1S/2C13H12O2S.2C6F4I2/c2*1-15-12-9-5-6-10-13(12)16(14)11-7-3-2-4-8-11;2*7-1-2(8)6(12)4(10)3(9)5(1)11/h2*2-10H,1H3;;/t2*16-;;/m10../s1. The minimum absolute atomic E-state index is 0.657. The first-order chi connectivity index (χ1) is 26.6.